The summed E-state index contributed by atoms with van der Waals surface area (Å²) in [6.45, 7) is 11.1. The van der Waals surface area contributed by atoms with Gasteiger partial charge in [0.05, 0.1) is 0 Å². The molecule has 0 saturated heterocycles. The lowest BCUT2D eigenvalue weighted by molar-refractivity contribution is -0.219. The number of ether oxygens (including phenoxy) is 3. The minimum atomic E-state index is -0.759. The van der Waals surface area contributed by atoms with Crippen LogP contribution in [-0.4, -0.2) is 35.7 Å². The Bertz CT molecular complexity index is 808. The third-order valence-electron chi connectivity index (χ3n) is 10.5. The Kier molecular flexibility index (Phi) is 6.37. The summed E-state index contributed by atoms with van der Waals surface area (Å²) in [5.74, 6) is 1.51. The van der Waals surface area contributed by atoms with Gasteiger partial charge in [-0.2, -0.15) is 0 Å². The molecule has 0 aliphatic heterocycles. The van der Waals surface area contributed by atoms with Crippen LogP contribution in [0.25, 0.3) is 0 Å². The van der Waals surface area contributed by atoms with Crippen LogP contribution in [0.1, 0.15) is 99.3 Å². The highest BCUT2D eigenvalue weighted by Crippen LogP contribution is 2.69. The van der Waals surface area contributed by atoms with Gasteiger partial charge in [-0.3, -0.25) is 14.4 Å². The van der Waals surface area contributed by atoms with E-state index in [0.717, 1.165) is 44.9 Å². The van der Waals surface area contributed by atoms with E-state index >= 15 is 0 Å². The number of esters is 3. The van der Waals surface area contributed by atoms with Gasteiger partial charge in [0.15, 0.2) is 5.60 Å². The van der Waals surface area contributed by atoms with Crippen LogP contribution in [-0.2, 0) is 28.6 Å². The maximum atomic E-state index is 12.2. The van der Waals surface area contributed by atoms with Crippen molar-refractivity contribution in [3.05, 3.63) is 0 Å². The first-order valence-corrected chi connectivity index (χ1v) is 13.0. The molecule has 0 N–H and O–H groups in total. The van der Waals surface area contributed by atoms with Gasteiger partial charge in [-0.05, 0) is 93.8 Å². The summed E-state index contributed by atoms with van der Waals surface area (Å²) in [5.41, 5.74) is -0.688. The number of rotatable bonds is 4. The lowest BCUT2D eigenvalue weighted by Crippen LogP contribution is -2.61. The summed E-state index contributed by atoms with van der Waals surface area (Å²) >= 11 is 0. The molecule has 0 radical (unpaired) electrons. The van der Waals surface area contributed by atoms with Crippen molar-refractivity contribution in [3.8, 4) is 0 Å². The molecule has 186 valence electrons. The van der Waals surface area contributed by atoms with Gasteiger partial charge in [0.1, 0.15) is 12.2 Å². The zero-order valence-corrected chi connectivity index (χ0v) is 21.3. The number of hydrogen-bond donors (Lipinski definition) is 0. The van der Waals surface area contributed by atoms with Gasteiger partial charge in [-0.15, -0.1) is 0 Å². The van der Waals surface area contributed by atoms with Crippen molar-refractivity contribution in [3.63, 3.8) is 0 Å². The molecule has 6 heteroatoms. The largest absolute Gasteiger partial charge is 0.463 e. The van der Waals surface area contributed by atoms with Crippen molar-refractivity contribution in [1.29, 1.82) is 0 Å². The van der Waals surface area contributed by atoms with E-state index in [1.165, 1.54) is 33.6 Å². The van der Waals surface area contributed by atoms with Gasteiger partial charge in [-0.1, -0.05) is 13.8 Å². The number of carbonyl (C=O) groups excluding carboxylic acids is 3. The third kappa shape index (κ3) is 3.89. The van der Waals surface area contributed by atoms with Crippen molar-refractivity contribution in [2.45, 2.75) is 117 Å². The lowest BCUT2D eigenvalue weighted by Gasteiger charge is -2.62. The van der Waals surface area contributed by atoms with Crippen LogP contribution < -0.4 is 0 Å². The molecule has 0 aromatic heterocycles. The van der Waals surface area contributed by atoms with E-state index in [4.69, 9.17) is 14.2 Å². The molecule has 33 heavy (non-hydrogen) atoms. The van der Waals surface area contributed by atoms with Crippen molar-refractivity contribution in [2.24, 2.45) is 34.5 Å². The predicted molar refractivity (Wildman–Crippen MR) is 123 cm³/mol. The number of fused-ring (bicyclic) bond motifs is 5. The smallest absolute Gasteiger partial charge is 0.303 e. The van der Waals surface area contributed by atoms with Gasteiger partial charge >= 0.3 is 17.9 Å². The Morgan fingerprint density at radius 1 is 0.818 bits per heavy atom. The first-order chi connectivity index (χ1) is 15.4. The van der Waals surface area contributed by atoms with Crippen LogP contribution in [0.4, 0.5) is 0 Å². The van der Waals surface area contributed by atoms with Gasteiger partial charge in [0.2, 0.25) is 0 Å². The van der Waals surface area contributed by atoms with Crippen LogP contribution in [0.3, 0.4) is 0 Å². The van der Waals surface area contributed by atoms with Gasteiger partial charge in [-0.25, -0.2) is 0 Å². The second kappa shape index (κ2) is 8.57. The van der Waals surface area contributed by atoms with Crippen molar-refractivity contribution in [1.82, 2.24) is 0 Å². The molecule has 4 aliphatic rings. The average Bonchev–Trinajstić information content (AvgIpc) is 3.00. The van der Waals surface area contributed by atoms with E-state index in [1.807, 2.05) is 6.92 Å². The molecule has 0 aromatic carbocycles. The zero-order valence-electron chi connectivity index (χ0n) is 21.3. The summed E-state index contributed by atoms with van der Waals surface area (Å²) in [7, 11) is 0. The maximum absolute atomic E-state index is 12.2. The quantitative estimate of drug-likeness (QED) is 0.421. The van der Waals surface area contributed by atoms with E-state index in [0.29, 0.717) is 23.7 Å². The molecular formula is C27H42O6. The monoisotopic (exact) mass is 462 g/mol. The minimum Gasteiger partial charge on any atom is -0.463 e. The average molecular weight is 463 g/mol. The molecule has 0 bridgehead atoms. The Morgan fingerprint density at radius 3 is 2.15 bits per heavy atom. The first kappa shape index (κ1) is 24.5. The van der Waals surface area contributed by atoms with Crippen LogP contribution in [0.5, 0.6) is 0 Å². The standard InChI is InChI=1S/C27H42O6/c1-16(31-17(2)28)27(33-19(4)30)14-11-24-22-8-7-20-15-21(32-18(3)29)9-12-25(20,5)23(22)10-13-26(24,27)6/h16,20-24H,7-15H2,1-6H3/t16-,20-,21+,22-,23+,24+,25-,26+,27-/m0/s1. The minimum absolute atomic E-state index is 0.0682. The fourth-order valence-electron chi connectivity index (χ4n) is 9.11. The molecule has 0 unspecified atom stereocenters. The summed E-state index contributed by atoms with van der Waals surface area (Å²) in [4.78, 5) is 35.6. The molecular weight excluding hydrogens is 420 g/mol. The summed E-state index contributed by atoms with van der Waals surface area (Å²) in [5, 5.41) is 0. The van der Waals surface area contributed by atoms with Crippen molar-refractivity contribution < 1.29 is 28.6 Å². The fourth-order valence-corrected chi connectivity index (χ4v) is 9.11. The molecule has 0 spiro atoms. The zero-order chi connectivity index (χ0) is 24.2. The normalized spacial score (nSPS) is 45.1. The highest BCUT2D eigenvalue weighted by atomic mass is 16.6. The fraction of sp³-hybridized carbons (Fsp3) is 0.889. The van der Waals surface area contributed by atoms with E-state index in [-0.39, 0.29) is 34.8 Å². The van der Waals surface area contributed by atoms with E-state index in [1.54, 1.807) is 0 Å². The lowest BCUT2D eigenvalue weighted by atomic mass is 9.44. The van der Waals surface area contributed by atoms with Crippen LogP contribution >= 0.6 is 0 Å². The second-order valence-corrected chi connectivity index (χ2v) is 11.9. The summed E-state index contributed by atoms with van der Waals surface area (Å²) < 4.78 is 17.4. The van der Waals surface area contributed by atoms with Crippen LogP contribution in [0.15, 0.2) is 0 Å². The van der Waals surface area contributed by atoms with Crippen LogP contribution in [0.2, 0.25) is 0 Å². The molecule has 9 atom stereocenters. The SMILES string of the molecule is CC(=O)O[C@@H]1CC[C@@]2(C)[C@@H](CC[C@H]3[C@H]2CC[C@]2(C)[C@@H]3CC[C@]2(OC(C)=O)[C@H](C)OC(C)=O)C1. The highest BCUT2D eigenvalue weighted by Gasteiger charge is 2.68. The predicted octanol–water partition coefficient (Wildman–Crippen LogP) is 5.21. The number of hydrogen-bond acceptors (Lipinski definition) is 6. The molecule has 0 aromatic rings. The van der Waals surface area contributed by atoms with E-state index < -0.39 is 11.7 Å². The topological polar surface area (TPSA) is 78.9 Å². The second-order valence-electron chi connectivity index (χ2n) is 11.9. The van der Waals surface area contributed by atoms with Gasteiger partial charge in [0.25, 0.3) is 0 Å². The molecule has 4 saturated carbocycles. The molecule has 4 fully saturated rings. The Labute approximate surface area is 198 Å². The Hall–Kier alpha value is -1.59. The molecule has 4 rings (SSSR count). The maximum Gasteiger partial charge on any atom is 0.303 e. The summed E-state index contributed by atoms with van der Waals surface area (Å²) in [6, 6.07) is 0. The Morgan fingerprint density at radius 2 is 1.52 bits per heavy atom. The van der Waals surface area contributed by atoms with Crippen molar-refractivity contribution >= 4 is 17.9 Å². The highest BCUT2D eigenvalue weighted by molar-refractivity contribution is 5.68. The van der Waals surface area contributed by atoms with Crippen LogP contribution in [0, 0.1) is 34.5 Å². The molecule has 6 nitrogen and oxygen atoms in total. The molecule has 4 aliphatic carbocycles. The Balaban J connectivity index is 1.59. The van der Waals surface area contributed by atoms with E-state index in [9.17, 15) is 14.4 Å². The van der Waals surface area contributed by atoms with E-state index in [2.05, 4.69) is 13.8 Å². The third-order valence-corrected chi connectivity index (χ3v) is 10.5. The molecule has 0 amide bonds. The summed E-state index contributed by atoms with van der Waals surface area (Å²) in [6.07, 6.45) is 8.85. The van der Waals surface area contributed by atoms with Gasteiger partial charge in [0, 0.05) is 26.2 Å². The van der Waals surface area contributed by atoms with Gasteiger partial charge < -0.3 is 14.2 Å². The van der Waals surface area contributed by atoms with Crippen molar-refractivity contribution in [2.75, 3.05) is 0 Å². The number of carbonyl (C=O) groups is 3. The molecule has 0 heterocycles. The first-order valence-electron chi connectivity index (χ1n) is 13.0.